The van der Waals surface area contributed by atoms with Crippen molar-refractivity contribution in [1.29, 1.82) is 0 Å². The van der Waals surface area contributed by atoms with E-state index < -0.39 is 23.8 Å². The number of fused-ring (bicyclic) bond motifs is 1. The number of amides is 4. The van der Waals surface area contributed by atoms with Crippen LogP contribution >= 0.6 is 11.6 Å². The van der Waals surface area contributed by atoms with Crippen molar-refractivity contribution < 1.29 is 32.7 Å². The molecule has 4 amide bonds. The van der Waals surface area contributed by atoms with E-state index in [2.05, 4.69) is 10.2 Å². The first-order chi connectivity index (χ1) is 23.7. The first-order valence-corrected chi connectivity index (χ1v) is 18.1. The van der Waals surface area contributed by atoms with E-state index in [1.165, 1.54) is 4.90 Å². The Bertz CT molecular complexity index is 1570. The van der Waals surface area contributed by atoms with Gasteiger partial charge in [-0.2, -0.15) is 8.78 Å². The van der Waals surface area contributed by atoms with Crippen molar-refractivity contribution in [2.75, 3.05) is 24.5 Å². The Labute approximate surface area is 298 Å². The van der Waals surface area contributed by atoms with Gasteiger partial charge in [0, 0.05) is 48.3 Å². The number of rotatable bonds is 13. The number of benzene rings is 2. The van der Waals surface area contributed by atoms with Crippen molar-refractivity contribution in [3.8, 4) is 5.75 Å². The van der Waals surface area contributed by atoms with E-state index in [9.17, 15) is 28.0 Å². The van der Waals surface area contributed by atoms with Crippen LogP contribution in [0.2, 0.25) is 5.02 Å². The lowest BCUT2D eigenvalue weighted by Crippen LogP contribution is -2.54. The highest BCUT2D eigenvalue weighted by Gasteiger charge is 2.42. The van der Waals surface area contributed by atoms with Gasteiger partial charge in [0.1, 0.15) is 5.75 Å². The van der Waals surface area contributed by atoms with E-state index in [0.717, 1.165) is 57.1 Å². The summed E-state index contributed by atoms with van der Waals surface area (Å²) in [5.74, 6) is -0.907. The molecule has 12 heteroatoms. The summed E-state index contributed by atoms with van der Waals surface area (Å²) in [6.07, 6.45) is 3.89. The van der Waals surface area contributed by atoms with Gasteiger partial charge in [0.2, 0.25) is 5.91 Å². The molecule has 3 aliphatic rings. The van der Waals surface area contributed by atoms with Gasteiger partial charge in [0.05, 0.1) is 12.1 Å². The Hall–Kier alpha value is -3.73. The van der Waals surface area contributed by atoms with E-state index in [4.69, 9.17) is 16.3 Å². The zero-order chi connectivity index (χ0) is 36.3. The van der Waals surface area contributed by atoms with Gasteiger partial charge in [-0.05, 0) is 121 Å². The molecule has 2 aliphatic carbocycles. The number of nitrogens with zero attached hydrogens (tertiary/aromatic N) is 3. The van der Waals surface area contributed by atoms with Crippen molar-refractivity contribution in [2.24, 2.45) is 5.92 Å². The molecule has 0 atom stereocenters. The van der Waals surface area contributed by atoms with Crippen molar-refractivity contribution in [1.82, 2.24) is 15.1 Å². The standard InChI is InChI=1S/C38H49ClF2N4O5/c1-23(2)45(29-12-8-25(9-13-29)16-18-43(28-14-15-28)33(46)21-26-6-10-27(39)11-7-26)36(48)30-22-31-32(20-24(30)3)50-38(4,5)37(49)44(31)19-17-42-35(47)34(40)41/h6-7,10-11,20,22-23,25,28-29,34H,8-9,12-19,21H2,1-5H3,(H,42,47). The largest absolute Gasteiger partial charge is 0.476 e. The molecule has 5 rings (SSSR count). The SMILES string of the molecule is Cc1cc2c(cc1C(=O)N(C(C)C)C1CCC(CCN(C(=O)Cc3ccc(Cl)cc3)C3CC3)CC1)N(CCNC(=O)C(F)F)C(=O)C(C)(C)O2. The predicted molar refractivity (Wildman–Crippen MR) is 189 cm³/mol. The zero-order valence-electron chi connectivity index (χ0n) is 29.6. The molecule has 0 bridgehead atoms. The first kappa shape index (κ1) is 37.5. The summed E-state index contributed by atoms with van der Waals surface area (Å²) >= 11 is 6.02. The fourth-order valence-corrected chi connectivity index (χ4v) is 7.43. The smallest absolute Gasteiger partial charge is 0.315 e. The van der Waals surface area contributed by atoms with E-state index in [1.54, 1.807) is 26.0 Å². The Morgan fingerprint density at radius 3 is 2.26 bits per heavy atom. The van der Waals surface area contributed by atoms with Crippen LogP contribution in [0, 0.1) is 12.8 Å². The Kier molecular flexibility index (Phi) is 11.8. The van der Waals surface area contributed by atoms with Crippen LogP contribution in [0.15, 0.2) is 36.4 Å². The predicted octanol–water partition coefficient (Wildman–Crippen LogP) is 6.57. The summed E-state index contributed by atoms with van der Waals surface area (Å²) in [7, 11) is 0. The summed E-state index contributed by atoms with van der Waals surface area (Å²) < 4.78 is 31.6. The summed E-state index contributed by atoms with van der Waals surface area (Å²) in [5.41, 5.74) is 1.25. The second kappa shape index (κ2) is 15.7. The molecule has 2 aromatic rings. The number of carbonyl (C=O) groups excluding carboxylic acids is 4. The van der Waals surface area contributed by atoms with Crippen LogP contribution in [0.25, 0.3) is 0 Å². The normalized spacial score (nSPS) is 20.0. The molecule has 0 spiro atoms. The van der Waals surface area contributed by atoms with Gasteiger partial charge in [-0.15, -0.1) is 0 Å². The number of nitrogens with one attached hydrogen (secondary N) is 1. The summed E-state index contributed by atoms with van der Waals surface area (Å²) in [6.45, 7) is 9.59. The molecule has 0 aromatic heterocycles. The molecule has 0 radical (unpaired) electrons. The third-order valence-electron chi connectivity index (χ3n) is 10.1. The zero-order valence-corrected chi connectivity index (χ0v) is 30.4. The van der Waals surface area contributed by atoms with Crippen LogP contribution in [0.4, 0.5) is 14.5 Å². The molecule has 1 heterocycles. The minimum atomic E-state index is -3.16. The number of ether oxygens (including phenoxy) is 1. The lowest BCUT2D eigenvalue weighted by atomic mass is 9.82. The van der Waals surface area contributed by atoms with E-state index in [0.29, 0.717) is 46.0 Å². The molecular formula is C38H49ClF2N4O5. The summed E-state index contributed by atoms with van der Waals surface area (Å²) in [4.78, 5) is 57.8. The van der Waals surface area contributed by atoms with Gasteiger partial charge >= 0.3 is 6.43 Å². The van der Waals surface area contributed by atoms with Crippen LogP contribution in [0.1, 0.15) is 94.1 Å². The van der Waals surface area contributed by atoms with Crippen LogP contribution < -0.4 is 15.0 Å². The molecule has 0 saturated heterocycles. The molecule has 50 heavy (non-hydrogen) atoms. The molecular weight excluding hydrogens is 666 g/mol. The number of carbonyl (C=O) groups is 4. The molecule has 0 unspecified atom stereocenters. The lowest BCUT2D eigenvalue weighted by molar-refractivity contribution is -0.133. The molecule has 1 aliphatic heterocycles. The number of anilines is 1. The number of aryl methyl sites for hydroxylation is 1. The Morgan fingerprint density at radius 2 is 1.66 bits per heavy atom. The average molecular weight is 715 g/mol. The van der Waals surface area contributed by atoms with Gasteiger partial charge < -0.3 is 24.8 Å². The van der Waals surface area contributed by atoms with E-state index >= 15 is 0 Å². The fraction of sp³-hybridized carbons (Fsp3) is 0.579. The number of hydrogen-bond donors (Lipinski definition) is 1. The number of halogens is 3. The van der Waals surface area contributed by atoms with Crippen LogP contribution in [-0.4, -0.2) is 83.2 Å². The van der Waals surface area contributed by atoms with Crippen molar-refractivity contribution in [3.05, 3.63) is 58.1 Å². The minimum absolute atomic E-state index is 0.0396. The lowest BCUT2D eigenvalue weighted by Gasteiger charge is -2.41. The fourth-order valence-electron chi connectivity index (χ4n) is 7.31. The molecule has 2 saturated carbocycles. The summed E-state index contributed by atoms with van der Waals surface area (Å²) in [6, 6.07) is 11.1. The highest BCUT2D eigenvalue weighted by Crippen LogP contribution is 2.41. The maximum absolute atomic E-state index is 14.3. The second-order valence-corrected chi connectivity index (χ2v) is 15.1. The summed E-state index contributed by atoms with van der Waals surface area (Å²) in [5, 5.41) is 2.81. The van der Waals surface area contributed by atoms with Gasteiger partial charge in [-0.1, -0.05) is 23.7 Å². The van der Waals surface area contributed by atoms with Gasteiger partial charge in [0.15, 0.2) is 5.60 Å². The average Bonchev–Trinajstić information content (AvgIpc) is 3.89. The Balaban J connectivity index is 1.24. The van der Waals surface area contributed by atoms with E-state index in [-0.39, 0.29) is 37.0 Å². The van der Waals surface area contributed by atoms with Crippen molar-refractivity contribution in [3.63, 3.8) is 0 Å². The van der Waals surface area contributed by atoms with Crippen molar-refractivity contribution >= 4 is 40.9 Å². The quantitative estimate of drug-likeness (QED) is 0.253. The second-order valence-electron chi connectivity index (χ2n) is 14.7. The first-order valence-electron chi connectivity index (χ1n) is 17.7. The minimum Gasteiger partial charge on any atom is -0.476 e. The molecule has 272 valence electrons. The maximum Gasteiger partial charge on any atom is 0.315 e. The number of hydrogen-bond acceptors (Lipinski definition) is 5. The molecule has 1 N–H and O–H groups in total. The van der Waals surface area contributed by atoms with E-state index in [1.807, 2.05) is 49.9 Å². The highest BCUT2D eigenvalue weighted by molar-refractivity contribution is 6.30. The molecule has 2 fully saturated rings. The Morgan fingerprint density at radius 1 is 1.02 bits per heavy atom. The topological polar surface area (TPSA) is 99.3 Å². The highest BCUT2D eigenvalue weighted by atomic mass is 35.5. The molecule has 9 nitrogen and oxygen atoms in total. The third-order valence-corrected chi connectivity index (χ3v) is 10.4. The van der Waals surface area contributed by atoms with Crippen molar-refractivity contribution in [2.45, 2.75) is 116 Å². The van der Waals surface area contributed by atoms with Crippen LogP contribution in [0.5, 0.6) is 5.75 Å². The number of alkyl halides is 2. The van der Waals surface area contributed by atoms with Crippen LogP contribution in [-0.2, 0) is 20.8 Å². The maximum atomic E-state index is 14.3. The third kappa shape index (κ3) is 8.76. The molecule has 2 aromatic carbocycles. The van der Waals surface area contributed by atoms with Crippen LogP contribution in [0.3, 0.4) is 0 Å². The van der Waals surface area contributed by atoms with Gasteiger partial charge in [-0.3, -0.25) is 19.2 Å². The van der Waals surface area contributed by atoms with Gasteiger partial charge in [-0.25, -0.2) is 0 Å². The monoisotopic (exact) mass is 714 g/mol. The van der Waals surface area contributed by atoms with Gasteiger partial charge in [0.25, 0.3) is 17.7 Å².